The molecule has 0 unspecified atom stereocenters. The highest BCUT2D eigenvalue weighted by Crippen LogP contribution is 2.35. The number of carbonyl (C=O) groups is 6. The Balaban J connectivity index is 1.67. The first-order chi connectivity index (χ1) is 25.1. The first-order valence-corrected chi connectivity index (χ1v) is 18.7. The quantitative estimate of drug-likeness (QED) is 0.143. The van der Waals surface area contributed by atoms with Gasteiger partial charge in [0.25, 0.3) is 11.8 Å². The van der Waals surface area contributed by atoms with Crippen LogP contribution in [0.25, 0.3) is 10.9 Å². The number of likely N-dealkylation sites (N-methyl/N-ethyl adjacent to an activating group) is 2. The molecule has 13 nitrogen and oxygen atoms in total. The van der Waals surface area contributed by atoms with E-state index < -0.39 is 40.8 Å². The van der Waals surface area contributed by atoms with Crippen LogP contribution in [-0.2, 0) is 41.2 Å². The number of amides is 6. The number of imide groups is 1. The van der Waals surface area contributed by atoms with Gasteiger partial charge in [-0.05, 0) is 50.3 Å². The lowest BCUT2D eigenvalue weighted by Crippen LogP contribution is -2.61. The summed E-state index contributed by atoms with van der Waals surface area (Å²) in [6.07, 6.45) is 6.74. The molecule has 54 heavy (non-hydrogen) atoms. The van der Waals surface area contributed by atoms with Crippen LogP contribution in [0.1, 0.15) is 80.7 Å². The van der Waals surface area contributed by atoms with Crippen molar-refractivity contribution in [3.8, 4) is 0 Å². The average Bonchev–Trinajstić information content (AvgIpc) is 3.61. The summed E-state index contributed by atoms with van der Waals surface area (Å²) >= 11 is 0. The van der Waals surface area contributed by atoms with Gasteiger partial charge in [0.2, 0.25) is 23.6 Å². The molecule has 1 aliphatic heterocycles. The fourth-order valence-electron chi connectivity index (χ4n) is 6.94. The Kier molecular flexibility index (Phi) is 14.6. The number of aryl methyl sites for hydroxylation is 1. The summed E-state index contributed by atoms with van der Waals surface area (Å²) in [6, 6.07) is 5.78. The van der Waals surface area contributed by atoms with E-state index >= 15 is 0 Å². The molecule has 1 aromatic carbocycles. The van der Waals surface area contributed by atoms with Crippen LogP contribution in [0, 0.1) is 11.3 Å². The van der Waals surface area contributed by atoms with Crippen LogP contribution in [0.3, 0.4) is 0 Å². The molecule has 0 saturated carbocycles. The third-order valence-electron chi connectivity index (χ3n) is 10.3. The molecule has 1 aromatic heterocycles. The first kappa shape index (κ1) is 43.6. The van der Waals surface area contributed by atoms with Crippen molar-refractivity contribution >= 4 is 46.3 Å². The molecule has 4 N–H and O–H groups in total. The standard InChI is InChI=1S/C41H61N7O6/c1-25(2)31(23-26(3)37(52)44-27(4)17-18-32(49)43-21-22-48-33(50)19-20-34(48)51)47(12)39(54)36(40(5,6)7)45-38(53)35(42-10)41(8,9)29-24-46(11)30-16-14-13-15-28(29)30/h13-16,19-20,23-25,27,31,35-36,42H,17-18,21-22H2,1-12H3,(H,43,49)(H,44,52)(H,45,53)/b26-23+/t27-,31-,35-,36-/m1/s1. The van der Waals surface area contributed by atoms with Crippen molar-refractivity contribution in [3.05, 3.63) is 59.8 Å². The molecule has 0 fully saturated rings. The number of para-hydroxylation sites is 1. The number of hydrogen-bond donors (Lipinski definition) is 4. The van der Waals surface area contributed by atoms with Crippen molar-refractivity contribution < 1.29 is 28.8 Å². The third kappa shape index (κ3) is 10.5. The van der Waals surface area contributed by atoms with E-state index in [0.29, 0.717) is 12.0 Å². The second kappa shape index (κ2) is 18.0. The number of fused-ring (bicyclic) bond motifs is 1. The Hall–Kier alpha value is -4.78. The van der Waals surface area contributed by atoms with Crippen LogP contribution in [0.15, 0.2) is 54.3 Å². The fourth-order valence-corrected chi connectivity index (χ4v) is 6.94. The van der Waals surface area contributed by atoms with Gasteiger partial charge >= 0.3 is 0 Å². The van der Waals surface area contributed by atoms with E-state index in [1.165, 1.54) is 12.2 Å². The molecule has 0 bridgehead atoms. The second-order valence-corrected chi connectivity index (χ2v) is 16.4. The maximum Gasteiger partial charge on any atom is 0.253 e. The van der Waals surface area contributed by atoms with Crippen molar-refractivity contribution in [1.82, 2.24) is 35.6 Å². The van der Waals surface area contributed by atoms with Gasteiger partial charge in [0.05, 0.1) is 12.1 Å². The number of benzene rings is 1. The molecule has 2 heterocycles. The van der Waals surface area contributed by atoms with Gasteiger partial charge in [0, 0.05) is 79.9 Å². The van der Waals surface area contributed by atoms with Gasteiger partial charge in [-0.25, -0.2) is 0 Å². The molecular formula is C41H61N7O6. The molecule has 3 rings (SSSR count). The summed E-state index contributed by atoms with van der Waals surface area (Å²) in [5, 5.41) is 13.0. The van der Waals surface area contributed by atoms with E-state index in [2.05, 4.69) is 44.2 Å². The predicted octanol–water partition coefficient (Wildman–Crippen LogP) is 3.33. The fraction of sp³-hybridized carbons (Fsp3) is 0.561. The van der Waals surface area contributed by atoms with Crippen LogP contribution in [0.4, 0.5) is 0 Å². The van der Waals surface area contributed by atoms with Gasteiger partial charge in [-0.3, -0.25) is 33.7 Å². The van der Waals surface area contributed by atoms with Crippen molar-refractivity contribution in [1.29, 1.82) is 0 Å². The highest BCUT2D eigenvalue weighted by Gasteiger charge is 2.42. The predicted molar refractivity (Wildman–Crippen MR) is 211 cm³/mol. The lowest BCUT2D eigenvalue weighted by Gasteiger charge is -2.39. The van der Waals surface area contributed by atoms with Crippen molar-refractivity contribution in [2.45, 2.75) is 105 Å². The lowest BCUT2D eigenvalue weighted by atomic mass is 9.76. The first-order valence-electron chi connectivity index (χ1n) is 18.7. The Morgan fingerprint density at radius 2 is 1.54 bits per heavy atom. The molecular weight excluding hydrogens is 686 g/mol. The Labute approximate surface area is 320 Å². The smallest absolute Gasteiger partial charge is 0.253 e. The number of carbonyl (C=O) groups excluding carboxylic acids is 6. The zero-order valence-electron chi connectivity index (χ0n) is 34.1. The van der Waals surface area contributed by atoms with Gasteiger partial charge in [-0.2, -0.15) is 0 Å². The number of nitrogens with zero attached hydrogens (tertiary/aromatic N) is 3. The van der Waals surface area contributed by atoms with Gasteiger partial charge in [-0.15, -0.1) is 0 Å². The summed E-state index contributed by atoms with van der Waals surface area (Å²) in [5.41, 5.74) is 1.23. The Morgan fingerprint density at radius 1 is 0.926 bits per heavy atom. The minimum atomic E-state index is -0.864. The monoisotopic (exact) mass is 747 g/mol. The summed E-state index contributed by atoms with van der Waals surface area (Å²) in [4.78, 5) is 80.1. The number of aromatic nitrogens is 1. The minimum absolute atomic E-state index is 0.0589. The zero-order valence-corrected chi connectivity index (χ0v) is 34.1. The molecule has 296 valence electrons. The molecule has 13 heteroatoms. The minimum Gasteiger partial charge on any atom is -0.354 e. The van der Waals surface area contributed by atoms with Crippen LogP contribution in [0.5, 0.6) is 0 Å². The molecule has 0 aliphatic carbocycles. The normalized spacial score (nSPS) is 16.0. The highest BCUT2D eigenvalue weighted by molar-refractivity contribution is 6.12. The van der Waals surface area contributed by atoms with Crippen LogP contribution in [-0.4, -0.2) is 101 Å². The average molecular weight is 748 g/mol. The molecule has 0 saturated heterocycles. The van der Waals surface area contributed by atoms with Crippen LogP contribution < -0.4 is 21.3 Å². The molecule has 4 atom stereocenters. The van der Waals surface area contributed by atoms with Gasteiger partial charge in [-0.1, -0.05) is 72.7 Å². The molecule has 0 spiro atoms. The summed E-state index contributed by atoms with van der Waals surface area (Å²) < 4.78 is 2.06. The van der Waals surface area contributed by atoms with E-state index in [1.54, 1.807) is 38.9 Å². The molecule has 2 aromatic rings. The second-order valence-electron chi connectivity index (χ2n) is 16.4. The van der Waals surface area contributed by atoms with Gasteiger partial charge in [0.1, 0.15) is 6.04 Å². The van der Waals surface area contributed by atoms with E-state index in [9.17, 15) is 28.8 Å². The maximum atomic E-state index is 14.3. The molecule has 1 aliphatic rings. The largest absolute Gasteiger partial charge is 0.354 e. The Morgan fingerprint density at radius 3 is 2.11 bits per heavy atom. The van der Waals surface area contributed by atoms with Gasteiger partial charge < -0.3 is 30.7 Å². The third-order valence-corrected chi connectivity index (χ3v) is 10.3. The van der Waals surface area contributed by atoms with E-state index in [1.807, 2.05) is 67.6 Å². The summed E-state index contributed by atoms with van der Waals surface area (Å²) in [5.74, 6) is -2.00. The van der Waals surface area contributed by atoms with Crippen molar-refractivity contribution in [2.24, 2.45) is 18.4 Å². The van der Waals surface area contributed by atoms with Crippen LogP contribution in [0.2, 0.25) is 0 Å². The lowest BCUT2D eigenvalue weighted by molar-refractivity contribution is -0.141. The molecule has 6 amide bonds. The number of hydrogen-bond acceptors (Lipinski definition) is 7. The topological polar surface area (TPSA) is 162 Å². The van der Waals surface area contributed by atoms with Crippen LogP contribution >= 0.6 is 0 Å². The number of nitrogens with one attached hydrogen (secondary N) is 4. The highest BCUT2D eigenvalue weighted by atomic mass is 16.2. The van der Waals surface area contributed by atoms with Gasteiger partial charge in [0.15, 0.2) is 0 Å². The van der Waals surface area contributed by atoms with Crippen molar-refractivity contribution in [3.63, 3.8) is 0 Å². The number of rotatable bonds is 17. The van der Waals surface area contributed by atoms with Crippen molar-refractivity contribution in [2.75, 3.05) is 27.2 Å². The van der Waals surface area contributed by atoms with E-state index in [-0.39, 0.29) is 55.1 Å². The Bertz CT molecular complexity index is 1760. The molecule has 0 radical (unpaired) electrons. The van der Waals surface area contributed by atoms with E-state index in [0.717, 1.165) is 21.4 Å². The zero-order chi connectivity index (χ0) is 40.7. The maximum absolute atomic E-state index is 14.3. The summed E-state index contributed by atoms with van der Waals surface area (Å²) in [7, 11) is 5.44. The summed E-state index contributed by atoms with van der Waals surface area (Å²) in [6.45, 7) is 17.5. The van der Waals surface area contributed by atoms with E-state index in [4.69, 9.17) is 0 Å². The SMILES string of the molecule is CN[C@H](C(=O)N[C@H](C(=O)N(C)[C@H](/C=C(\C)C(=O)N[C@H](C)CCC(=O)NCCN1C(=O)C=CC1=O)C(C)C)C(C)(C)C)C(C)(C)c1cn(C)c2ccccc12.